The summed E-state index contributed by atoms with van der Waals surface area (Å²) >= 11 is 12.2. The van der Waals surface area contributed by atoms with Gasteiger partial charge in [-0.1, -0.05) is 54.2 Å². The first-order valence-electron chi connectivity index (χ1n) is 12.9. The SMILES string of the molecule is CN1CC(C(=O)NCc2ccc3c(-c4cccc(C(N)=S)c4)cn(C4CCN(S(=O)C(F)(F)F)CC4)c3c2Cl)C1. The van der Waals surface area contributed by atoms with Gasteiger partial charge in [0.15, 0.2) is 0 Å². The lowest BCUT2D eigenvalue weighted by Gasteiger charge is -2.34. The predicted octanol–water partition coefficient (Wildman–Crippen LogP) is 4.59. The lowest BCUT2D eigenvalue weighted by molar-refractivity contribution is -0.129. The molecule has 214 valence electrons. The monoisotopic (exact) mass is 611 g/mol. The first kappa shape index (κ1) is 29.0. The number of carbonyl (C=O) groups is 1. The van der Waals surface area contributed by atoms with Crippen LogP contribution in [0.15, 0.2) is 42.6 Å². The minimum atomic E-state index is -4.79. The number of hydrogen-bond acceptors (Lipinski definition) is 4. The number of nitrogens with zero attached hydrogens (tertiary/aromatic N) is 3. The van der Waals surface area contributed by atoms with Gasteiger partial charge in [-0.05, 0) is 37.1 Å². The zero-order valence-electron chi connectivity index (χ0n) is 21.7. The van der Waals surface area contributed by atoms with Crippen molar-refractivity contribution in [2.75, 3.05) is 33.2 Å². The Morgan fingerprint density at radius 2 is 1.90 bits per heavy atom. The molecule has 2 aliphatic rings. The third-order valence-corrected chi connectivity index (χ3v) is 9.50. The van der Waals surface area contributed by atoms with Crippen LogP contribution in [-0.2, 0) is 22.3 Å². The van der Waals surface area contributed by atoms with E-state index in [2.05, 4.69) is 10.2 Å². The normalized spacial score (nSPS) is 18.5. The van der Waals surface area contributed by atoms with E-state index < -0.39 is 16.5 Å². The molecule has 1 atom stereocenters. The van der Waals surface area contributed by atoms with Gasteiger partial charge in [0, 0.05) is 61.5 Å². The summed E-state index contributed by atoms with van der Waals surface area (Å²) in [6.07, 6.45) is 2.69. The van der Waals surface area contributed by atoms with E-state index in [0.29, 0.717) is 36.5 Å². The highest BCUT2D eigenvalue weighted by atomic mass is 35.5. The van der Waals surface area contributed by atoms with Gasteiger partial charge in [-0.2, -0.15) is 13.2 Å². The van der Waals surface area contributed by atoms with E-state index in [4.69, 9.17) is 29.6 Å². The molecule has 1 unspecified atom stereocenters. The molecule has 7 nitrogen and oxygen atoms in total. The highest BCUT2D eigenvalue weighted by Gasteiger charge is 2.42. The molecule has 40 heavy (non-hydrogen) atoms. The van der Waals surface area contributed by atoms with Gasteiger partial charge < -0.3 is 20.5 Å². The summed E-state index contributed by atoms with van der Waals surface area (Å²) in [7, 11) is -1.08. The number of rotatable bonds is 7. The van der Waals surface area contributed by atoms with Crippen LogP contribution in [-0.4, -0.2) is 67.6 Å². The Morgan fingerprint density at radius 3 is 2.52 bits per heavy atom. The Bertz CT molecular complexity index is 1480. The lowest BCUT2D eigenvalue weighted by Crippen LogP contribution is -2.51. The number of amides is 1. The molecule has 0 bridgehead atoms. The first-order valence-corrected chi connectivity index (χ1v) is 14.8. The van der Waals surface area contributed by atoms with Crippen molar-refractivity contribution >= 4 is 56.6 Å². The van der Waals surface area contributed by atoms with Crippen LogP contribution in [0.2, 0.25) is 5.02 Å². The molecule has 2 saturated heterocycles. The van der Waals surface area contributed by atoms with Crippen molar-refractivity contribution in [2.24, 2.45) is 11.7 Å². The van der Waals surface area contributed by atoms with Crippen molar-refractivity contribution in [1.82, 2.24) is 19.1 Å². The van der Waals surface area contributed by atoms with Gasteiger partial charge in [0.05, 0.1) is 16.5 Å². The zero-order valence-corrected chi connectivity index (χ0v) is 24.1. The fraction of sp³-hybridized carbons (Fsp3) is 0.407. The minimum absolute atomic E-state index is 0.0232. The number of fused-ring (bicyclic) bond motifs is 1. The highest BCUT2D eigenvalue weighted by Crippen LogP contribution is 2.40. The number of hydrogen-bond donors (Lipinski definition) is 2. The summed E-state index contributed by atoms with van der Waals surface area (Å²) in [6.45, 7) is 1.76. The summed E-state index contributed by atoms with van der Waals surface area (Å²) in [4.78, 5) is 14.9. The largest absolute Gasteiger partial charge is 0.485 e. The van der Waals surface area contributed by atoms with Crippen LogP contribution >= 0.6 is 23.8 Å². The standard InChI is InChI=1S/C27H29ClF3N5O2S2/c1-34-13-19(14-34)26(37)33-12-18-5-6-21-22(16-3-2-4-17(11-16)25(32)39)15-36(24(21)23(18)28)20-7-9-35(10-8-20)40(38)27(29,30)31/h2-6,11,15,19-20H,7-10,12-14H2,1H3,(H2,32,39)(H,33,37). The van der Waals surface area contributed by atoms with Crippen molar-refractivity contribution in [1.29, 1.82) is 0 Å². The summed E-state index contributed by atoms with van der Waals surface area (Å²) < 4.78 is 54.0. The second kappa shape index (κ2) is 11.4. The van der Waals surface area contributed by atoms with Crippen molar-refractivity contribution < 1.29 is 22.2 Å². The Kier molecular flexibility index (Phi) is 8.27. The molecule has 0 spiro atoms. The van der Waals surface area contributed by atoms with Gasteiger partial charge in [-0.25, -0.2) is 8.51 Å². The molecular weight excluding hydrogens is 583 g/mol. The van der Waals surface area contributed by atoms with Crippen molar-refractivity contribution in [3.63, 3.8) is 0 Å². The van der Waals surface area contributed by atoms with Crippen LogP contribution < -0.4 is 11.1 Å². The number of likely N-dealkylation sites (tertiary alicyclic amines) is 1. The molecule has 3 N–H and O–H groups in total. The maximum Gasteiger partial charge on any atom is 0.485 e. The number of nitrogens with two attached hydrogens (primary N) is 1. The fourth-order valence-corrected chi connectivity index (χ4v) is 6.76. The number of alkyl halides is 3. The lowest BCUT2D eigenvalue weighted by atomic mass is 10.00. The van der Waals surface area contributed by atoms with Crippen molar-refractivity contribution in [3.05, 3.63) is 58.7 Å². The van der Waals surface area contributed by atoms with Crippen LogP contribution in [0.25, 0.3) is 22.0 Å². The smallest absolute Gasteiger partial charge is 0.389 e. The average molecular weight is 612 g/mol. The van der Waals surface area contributed by atoms with Crippen molar-refractivity contribution in [3.8, 4) is 11.1 Å². The van der Waals surface area contributed by atoms with Gasteiger partial charge >= 0.3 is 5.51 Å². The third kappa shape index (κ3) is 5.78. The third-order valence-electron chi connectivity index (χ3n) is 7.61. The Labute approximate surface area is 243 Å². The van der Waals surface area contributed by atoms with E-state index in [1.54, 1.807) is 0 Å². The number of thiocarbonyl (C=S) groups is 1. The molecular formula is C27H29ClF3N5O2S2. The number of piperidine rings is 1. The summed E-state index contributed by atoms with van der Waals surface area (Å²) in [5.41, 5.74) is 5.03. The molecule has 13 heteroatoms. The predicted molar refractivity (Wildman–Crippen MR) is 155 cm³/mol. The minimum Gasteiger partial charge on any atom is -0.389 e. The van der Waals surface area contributed by atoms with E-state index in [1.165, 1.54) is 0 Å². The quantitative estimate of drug-likeness (QED) is 0.382. The van der Waals surface area contributed by atoms with Gasteiger partial charge in [-0.3, -0.25) is 4.79 Å². The van der Waals surface area contributed by atoms with E-state index in [0.717, 1.165) is 31.9 Å². The van der Waals surface area contributed by atoms with Crippen LogP contribution in [0, 0.1) is 5.92 Å². The molecule has 0 aliphatic carbocycles. The summed E-state index contributed by atoms with van der Waals surface area (Å²) in [6, 6.07) is 11.2. The van der Waals surface area contributed by atoms with Gasteiger partial charge in [0.25, 0.3) is 0 Å². The van der Waals surface area contributed by atoms with E-state index in [-0.39, 0.29) is 42.5 Å². The van der Waals surface area contributed by atoms with Crippen LogP contribution in [0.3, 0.4) is 0 Å². The van der Waals surface area contributed by atoms with Crippen LogP contribution in [0.5, 0.6) is 0 Å². The number of benzene rings is 2. The van der Waals surface area contributed by atoms with Gasteiger partial charge in [0.2, 0.25) is 16.9 Å². The number of nitrogens with one attached hydrogen (secondary N) is 1. The second-order valence-corrected chi connectivity index (χ2v) is 12.6. The average Bonchev–Trinajstić information content (AvgIpc) is 3.30. The topological polar surface area (TPSA) is 83.6 Å². The second-order valence-electron chi connectivity index (χ2n) is 10.3. The highest BCUT2D eigenvalue weighted by molar-refractivity contribution is 7.83. The van der Waals surface area contributed by atoms with Gasteiger partial charge in [0.1, 0.15) is 4.99 Å². The molecule has 0 saturated carbocycles. The van der Waals surface area contributed by atoms with Crippen LogP contribution in [0.1, 0.15) is 30.0 Å². The molecule has 2 aliphatic heterocycles. The number of aromatic nitrogens is 1. The van der Waals surface area contributed by atoms with E-state index in [9.17, 15) is 22.2 Å². The molecule has 2 aromatic carbocycles. The molecule has 3 heterocycles. The zero-order chi connectivity index (χ0) is 28.8. The maximum atomic E-state index is 13.0. The van der Waals surface area contributed by atoms with E-state index >= 15 is 0 Å². The molecule has 2 fully saturated rings. The molecule has 5 rings (SSSR count). The Balaban J connectivity index is 1.49. The fourth-order valence-electron chi connectivity index (χ4n) is 5.47. The number of halogens is 4. The molecule has 0 radical (unpaired) electrons. The summed E-state index contributed by atoms with van der Waals surface area (Å²) in [5, 5.41) is 4.32. The maximum absolute atomic E-state index is 13.0. The number of carbonyl (C=O) groups excluding carboxylic acids is 1. The van der Waals surface area contributed by atoms with Crippen LogP contribution in [0.4, 0.5) is 13.2 Å². The van der Waals surface area contributed by atoms with Gasteiger partial charge in [-0.15, -0.1) is 0 Å². The Morgan fingerprint density at radius 1 is 1.20 bits per heavy atom. The Hall–Kier alpha value is -2.51. The molecule has 3 aromatic rings. The first-order chi connectivity index (χ1) is 18.9. The molecule has 1 amide bonds. The molecule has 1 aromatic heterocycles. The summed E-state index contributed by atoms with van der Waals surface area (Å²) in [5.74, 6) is -0.0683. The van der Waals surface area contributed by atoms with E-state index in [1.807, 2.05) is 54.2 Å². The van der Waals surface area contributed by atoms with Crippen molar-refractivity contribution in [2.45, 2.75) is 30.9 Å².